The quantitative estimate of drug-likeness (QED) is 0.797. The van der Waals surface area contributed by atoms with Crippen molar-refractivity contribution >= 4 is 27.1 Å². The van der Waals surface area contributed by atoms with Crippen molar-refractivity contribution in [1.82, 2.24) is 0 Å². The van der Waals surface area contributed by atoms with E-state index in [0.29, 0.717) is 16.9 Å². The molecule has 0 aromatic heterocycles. The number of hydrogen-bond acceptors (Lipinski definition) is 4. The molecule has 0 atom stereocenters. The summed E-state index contributed by atoms with van der Waals surface area (Å²) in [4.78, 5) is 13.0. The van der Waals surface area contributed by atoms with Crippen LogP contribution in [0.3, 0.4) is 0 Å². The highest BCUT2D eigenvalue weighted by molar-refractivity contribution is 7.89. The molecule has 0 aliphatic carbocycles. The minimum absolute atomic E-state index is 0.0160. The number of carbonyl (C=O) groups is 1. The molecule has 0 unspecified atom stereocenters. The smallest absolute Gasteiger partial charge is 0.238 e. The lowest BCUT2D eigenvalue weighted by Gasteiger charge is -2.17. The number of benzene rings is 2. The lowest BCUT2D eigenvalue weighted by atomic mass is 9.92. The van der Waals surface area contributed by atoms with E-state index in [2.05, 4.69) is 6.92 Å². The number of ether oxygens (including phenoxy) is 1. The predicted octanol–water partition coefficient (Wildman–Crippen LogP) is 3.92. The Kier molecular flexibility index (Phi) is 5.46. The van der Waals surface area contributed by atoms with Gasteiger partial charge in [-0.2, -0.15) is 0 Å². The van der Waals surface area contributed by atoms with Crippen LogP contribution in [0.2, 0.25) is 0 Å². The summed E-state index contributed by atoms with van der Waals surface area (Å²) in [5.74, 6) is 0.358. The van der Waals surface area contributed by atoms with E-state index in [1.165, 1.54) is 17.7 Å². The molecular weight excluding hydrogens is 374 g/mol. The molecule has 5 nitrogen and oxygen atoms in total. The van der Waals surface area contributed by atoms with Gasteiger partial charge in [0.2, 0.25) is 15.8 Å². The summed E-state index contributed by atoms with van der Waals surface area (Å²) in [5.41, 5.74) is 2.19. The lowest BCUT2D eigenvalue weighted by molar-refractivity contribution is -0.125. The molecule has 0 amide bonds. The van der Waals surface area contributed by atoms with E-state index in [1.54, 1.807) is 26.0 Å². The molecule has 6 heteroatoms. The highest BCUT2D eigenvalue weighted by Gasteiger charge is 2.42. The van der Waals surface area contributed by atoms with Crippen molar-refractivity contribution in [1.29, 1.82) is 0 Å². The zero-order chi connectivity index (χ0) is 20.5. The molecule has 2 aromatic rings. The number of primary sulfonamides is 1. The van der Waals surface area contributed by atoms with Gasteiger partial charge in [-0.3, -0.25) is 4.79 Å². The van der Waals surface area contributed by atoms with Crippen LogP contribution >= 0.6 is 0 Å². The van der Waals surface area contributed by atoms with Crippen LogP contribution in [-0.2, 0) is 26.0 Å². The van der Waals surface area contributed by atoms with Gasteiger partial charge in [-0.1, -0.05) is 37.6 Å². The van der Waals surface area contributed by atoms with Crippen molar-refractivity contribution in [2.45, 2.75) is 50.5 Å². The molecule has 0 bridgehead atoms. The molecule has 0 spiro atoms. The zero-order valence-corrected chi connectivity index (χ0v) is 17.2. The van der Waals surface area contributed by atoms with Crippen LogP contribution in [0.25, 0.3) is 11.3 Å². The maximum Gasteiger partial charge on any atom is 0.238 e. The molecule has 2 N–H and O–H groups in total. The second kappa shape index (κ2) is 7.53. The van der Waals surface area contributed by atoms with Crippen LogP contribution in [0.1, 0.15) is 50.3 Å². The summed E-state index contributed by atoms with van der Waals surface area (Å²) >= 11 is 0. The van der Waals surface area contributed by atoms with Gasteiger partial charge in [0.1, 0.15) is 5.76 Å². The van der Waals surface area contributed by atoms with Crippen LogP contribution in [0, 0.1) is 0 Å². The molecule has 1 heterocycles. The Morgan fingerprint density at radius 1 is 0.964 bits per heavy atom. The molecule has 0 radical (unpaired) electrons. The van der Waals surface area contributed by atoms with Gasteiger partial charge < -0.3 is 4.74 Å². The average molecular weight is 400 g/mol. The van der Waals surface area contributed by atoms with Crippen LogP contribution in [0.15, 0.2) is 53.4 Å². The molecule has 28 heavy (non-hydrogen) atoms. The Bertz CT molecular complexity index is 1020. The Hall–Kier alpha value is -2.44. The van der Waals surface area contributed by atoms with E-state index >= 15 is 0 Å². The number of hydrogen-bond donors (Lipinski definition) is 1. The third-order valence-corrected chi connectivity index (χ3v) is 5.79. The van der Waals surface area contributed by atoms with E-state index in [1.807, 2.05) is 24.3 Å². The maximum absolute atomic E-state index is 13.0. The molecule has 2 aromatic carbocycles. The monoisotopic (exact) mass is 399 g/mol. The highest BCUT2D eigenvalue weighted by Crippen LogP contribution is 2.41. The van der Waals surface area contributed by atoms with Crippen molar-refractivity contribution in [3.05, 3.63) is 65.2 Å². The minimum atomic E-state index is -3.78. The summed E-state index contributed by atoms with van der Waals surface area (Å²) in [6.45, 7) is 5.62. The van der Waals surface area contributed by atoms with Gasteiger partial charge in [0.05, 0.1) is 10.5 Å². The Morgan fingerprint density at radius 3 is 2.07 bits per heavy atom. The van der Waals surface area contributed by atoms with E-state index in [9.17, 15) is 13.2 Å². The maximum atomic E-state index is 13.0. The number of ketones is 1. The van der Waals surface area contributed by atoms with Gasteiger partial charge in [-0.05, 0) is 62.1 Å². The second-order valence-corrected chi connectivity index (χ2v) is 9.08. The van der Waals surface area contributed by atoms with Gasteiger partial charge >= 0.3 is 0 Å². The number of unbranched alkanes of at least 4 members (excludes halogenated alkanes) is 1. The van der Waals surface area contributed by atoms with E-state index in [-0.39, 0.29) is 10.7 Å². The number of rotatable bonds is 6. The van der Waals surface area contributed by atoms with Crippen LogP contribution in [0.5, 0.6) is 0 Å². The summed E-state index contributed by atoms with van der Waals surface area (Å²) < 4.78 is 29.0. The minimum Gasteiger partial charge on any atom is -0.478 e. The predicted molar refractivity (Wildman–Crippen MR) is 110 cm³/mol. The molecule has 0 fully saturated rings. The van der Waals surface area contributed by atoms with Gasteiger partial charge in [-0.25, -0.2) is 13.6 Å². The van der Waals surface area contributed by atoms with Crippen molar-refractivity contribution < 1.29 is 17.9 Å². The van der Waals surface area contributed by atoms with Crippen molar-refractivity contribution in [3.63, 3.8) is 0 Å². The third-order valence-electron chi connectivity index (χ3n) is 4.86. The van der Waals surface area contributed by atoms with E-state index in [0.717, 1.165) is 24.8 Å². The third kappa shape index (κ3) is 4.03. The fraction of sp³-hybridized carbons (Fsp3) is 0.318. The molecule has 0 saturated heterocycles. The molecule has 0 saturated carbocycles. The van der Waals surface area contributed by atoms with Gasteiger partial charge in [0.25, 0.3) is 0 Å². The number of aryl methyl sites for hydroxylation is 1. The number of sulfonamides is 1. The van der Waals surface area contributed by atoms with Gasteiger partial charge in [0, 0.05) is 5.56 Å². The standard InChI is InChI=1S/C22H25NO4S/c1-4-5-6-15-7-9-16(10-8-15)19-20(27-22(2,3)21(19)24)17-11-13-18(14-12-17)28(23,25)26/h7-14H,4-6H2,1-3H3,(H2,23,25,26). The summed E-state index contributed by atoms with van der Waals surface area (Å²) in [6.07, 6.45) is 3.26. The first-order valence-electron chi connectivity index (χ1n) is 9.34. The van der Waals surface area contributed by atoms with Crippen molar-refractivity contribution in [2.75, 3.05) is 0 Å². The fourth-order valence-corrected chi connectivity index (χ4v) is 3.75. The topological polar surface area (TPSA) is 86.5 Å². The first kappa shape index (κ1) is 20.3. The lowest BCUT2D eigenvalue weighted by Crippen LogP contribution is -2.29. The van der Waals surface area contributed by atoms with Crippen LogP contribution < -0.4 is 5.14 Å². The molecular formula is C22H25NO4S. The molecule has 1 aliphatic rings. The largest absolute Gasteiger partial charge is 0.478 e. The van der Waals surface area contributed by atoms with Crippen LogP contribution in [-0.4, -0.2) is 19.8 Å². The zero-order valence-electron chi connectivity index (χ0n) is 16.4. The number of carbonyl (C=O) groups excluding carboxylic acids is 1. The van der Waals surface area contributed by atoms with Crippen molar-refractivity contribution in [3.8, 4) is 0 Å². The number of Topliss-reactive ketones (excluding diaryl/α,β-unsaturated/α-hetero) is 1. The first-order valence-corrected chi connectivity index (χ1v) is 10.9. The summed E-state index contributed by atoms with van der Waals surface area (Å²) in [6, 6.07) is 14.0. The van der Waals surface area contributed by atoms with E-state index in [4.69, 9.17) is 9.88 Å². The Morgan fingerprint density at radius 2 is 1.54 bits per heavy atom. The average Bonchev–Trinajstić information content (AvgIpc) is 2.89. The van der Waals surface area contributed by atoms with Gasteiger partial charge in [-0.15, -0.1) is 0 Å². The highest BCUT2D eigenvalue weighted by atomic mass is 32.2. The molecule has 148 valence electrons. The van der Waals surface area contributed by atoms with Gasteiger partial charge in [0.15, 0.2) is 5.60 Å². The Balaban J connectivity index is 2.04. The molecule has 3 rings (SSSR count). The Labute approximate surface area is 166 Å². The fourth-order valence-electron chi connectivity index (χ4n) is 3.24. The summed E-state index contributed by atoms with van der Waals surface area (Å²) in [7, 11) is -3.78. The second-order valence-electron chi connectivity index (χ2n) is 7.52. The van der Waals surface area contributed by atoms with Crippen LogP contribution in [0.4, 0.5) is 0 Å². The normalized spacial score (nSPS) is 16.4. The SMILES string of the molecule is CCCCc1ccc(C2=C(c3ccc(S(N)(=O)=O)cc3)OC(C)(C)C2=O)cc1. The first-order chi connectivity index (χ1) is 13.1. The van der Waals surface area contributed by atoms with E-state index < -0.39 is 15.6 Å². The number of nitrogens with two attached hydrogens (primary N) is 1. The van der Waals surface area contributed by atoms with Crippen molar-refractivity contribution in [2.24, 2.45) is 5.14 Å². The molecule has 1 aliphatic heterocycles. The summed E-state index contributed by atoms with van der Waals surface area (Å²) in [5, 5.41) is 5.17.